The van der Waals surface area contributed by atoms with Gasteiger partial charge in [-0.3, -0.25) is 5.43 Å². The van der Waals surface area contributed by atoms with Gasteiger partial charge in [-0.1, -0.05) is 36.1 Å². The van der Waals surface area contributed by atoms with Crippen molar-refractivity contribution in [3.05, 3.63) is 0 Å². The van der Waals surface area contributed by atoms with Crippen molar-refractivity contribution in [2.45, 2.75) is 20.8 Å². The van der Waals surface area contributed by atoms with Crippen LogP contribution in [0.5, 0.6) is 0 Å². The average Bonchev–Trinajstić information content (AvgIpc) is 2.13. The molecule has 0 aromatic carbocycles. The van der Waals surface area contributed by atoms with E-state index in [2.05, 4.69) is 15.7 Å². The number of hydrazone groups is 1. The number of hydrogen-bond donors (Lipinski definition) is 2. The lowest BCUT2D eigenvalue weighted by Crippen LogP contribution is -2.17. The molecule has 0 saturated heterocycles. The van der Waals surface area contributed by atoms with E-state index in [0.717, 1.165) is 5.75 Å². The Balaban J connectivity index is 4.04. The minimum atomic E-state index is 0.469. The molecule has 13 heavy (non-hydrogen) atoms. The number of hydrogen-bond acceptors (Lipinski definition) is 5. The zero-order valence-electron chi connectivity index (χ0n) is 7.87. The Labute approximate surface area is 87.5 Å². The third-order valence-electron chi connectivity index (χ3n) is 1.26. The van der Waals surface area contributed by atoms with Crippen LogP contribution in [0.25, 0.3) is 0 Å². The van der Waals surface area contributed by atoms with E-state index in [4.69, 9.17) is 17.4 Å². The molecule has 0 rings (SSSR count). The van der Waals surface area contributed by atoms with E-state index in [0.29, 0.717) is 15.7 Å². The molecule has 0 aromatic heterocycles. The van der Waals surface area contributed by atoms with Crippen molar-refractivity contribution in [2.75, 3.05) is 5.75 Å². The van der Waals surface area contributed by atoms with E-state index < -0.39 is 0 Å². The standard InChI is InChI=1S/C7H13N3OS2/c1-4-13-7(12)9-8-5(2)6(3)10-11/h11H,4H2,1-3H3,(H,9,12)/b8-5+,10-6+. The first kappa shape index (κ1) is 12.4. The molecular formula is C7H13N3OS2. The van der Waals surface area contributed by atoms with Gasteiger partial charge in [0.05, 0.1) is 11.4 Å². The predicted molar refractivity (Wildman–Crippen MR) is 61.9 cm³/mol. The second-order valence-corrected chi connectivity index (χ2v) is 4.16. The molecule has 0 bridgehead atoms. The van der Waals surface area contributed by atoms with Crippen LogP contribution < -0.4 is 5.43 Å². The van der Waals surface area contributed by atoms with Crippen LogP contribution in [0, 0.1) is 0 Å². The van der Waals surface area contributed by atoms with Crippen LogP contribution in [0.1, 0.15) is 20.8 Å². The Morgan fingerprint density at radius 2 is 2.08 bits per heavy atom. The van der Waals surface area contributed by atoms with Crippen LogP contribution in [0.15, 0.2) is 10.3 Å². The summed E-state index contributed by atoms with van der Waals surface area (Å²) in [5.74, 6) is 0.910. The lowest BCUT2D eigenvalue weighted by Gasteiger charge is -2.01. The molecular weight excluding hydrogens is 206 g/mol. The fraction of sp³-hybridized carbons (Fsp3) is 0.571. The maximum Gasteiger partial charge on any atom is 0.154 e. The molecule has 0 heterocycles. The van der Waals surface area contributed by atoms with Gasteiger partial charge in [0, 0.05) is 0 Å². The Bertz CT molecular complexity index is 238. The van der Waals surface area contributed by atoms with Gasteiger partial charge >= 0.3 is 0 Å². The Morgan fingerprint density at radius 1 is 1.46 bits per heavy atom. The van der Waals surface area contributed by atoms with Gasteiger partial charge in [0.25, 0.3) is 0 Å². The molecule has 4 nitrogen and oxygen atoms in total. The first-order valence-electron chi connectivity index (χ1n) is 3.77. The van der Waals surface area contributed by atoms with Gasteiger partial charge in [0.1, 0.15) is 0 Å². The van der Waals surface area contributed by atoms with Gasteiger partial charge in [0.2, 0.25) is 0 Å². The summed E-state index contributed by atoms with van der Waals surface area (Å²) in [6, 6.07) is 0. The molecule has 0 saturated carbocycles. The molecule has 0 fully saturated rings. The maximum atomic E-state index is 8.42. The Hall–Kier alpha value is -0.620. The molecule has 0 atom stereocenters. The van der Waals surface area contributed by atoms with Crippen LogP contribution in [-0.2, 0) is 0 Å². The van der Waals surface area contributed by atoms with Crippen molar-refractivity contribution in [3.8, 4) is 0 Å². The molecule has 0 aliphatic heterocycles. The molecule has 0 aliphatic rings. The topological polar surface area (TPSA) is 57.0 Å². The SMILES string of the molecule is CCSC(=S)N/N=C(C)/C(C)=N/O. The van der Waals surface area contributed by atoms with Gasteiger partial charge < -0.3 is 5.21 Å². The summed E-state index contributed by atoms with van der Waals surface area (Å²) >= 11 is 6.44. The smallest absolute Gasteiger partial charge is 0.154 e. The van der Waals surface area contributed by atoms with Crippen molar-refractivity contribution in [1.82, 2.24) is 5.43 Å². The average molecular weight is 219 g/mol. The van der Waals surface area contributed by atoms with Gasteiger partial charge in [-0.2, -0.15) is 5.10 Å². The van der Waals surface area contributed by atoms with Crippen molar-refractivity contribution in [2.24, 2.45) is 10.3 Å². The molecule has 74 valence electrons. The first-order valence-corrected chi connectivity index (χ1v) is 5.17. The van der Waals surface area contributed by atoms with Crippen molar-refractivity contribution in [3.63, 3.8) is 0 Å². The summed E-state index contributed by atoms with van der Waals surface area (Å²) < 4.78 is 0.618. The summed E-state index contributed by atoms with van der Waals surface area (Å²) in [4.78, 5) is 0. The van der Waals surface area contributed by atoms with E-state index in [1.807, 2.05) is 6.92 Å². The third-order valence-corrected chi connectivity index (χ3v) is 2.35. The van der Waals surface area contributed by atoms with E-state index >= 15 is 0 Å². The lowest BCUT2D eigenvalue weighted by molar-refractivity contribution is 0.320. The highest BCUT2D eigenvalue weighted by molar-refractivity contribution is 8.22. The predicted octanol–water partition coefficient (Wildman–Crippen LogP) is 1.84. The van der Waals surface area contributed by atoms with Crippen molar-refractivity contribution in [1.29, 1.82) is 0 Å². The normalized spacial score (nSPS) is 12.8. The highest BCUT2D eigenvalue weighted by atomic mass is 32.2. The van der Waals surface area contributed by atoms with Gasteiger partial charge in [-0.05, 0) is 19.6 Å². The number of oxime groups is 1. The molecule has 0 spiro atoms. The zero-order valence-corrected chi connectivity index (χ0v) is 9.50. The second-order valence-electron chi connectivity index (χ2n) is 2.21. The van der Waals surface area contributed by atoms with Gasteiger partial charge in [-0.25, -0.2) is 0 Å². The van der Waals surface area contributed by atoms with Gasteiger partial charge in [0.15, 0.2) is 4.32 Å². The Kier molecular flexibility index (Phi) is 6.52. The summed E-state index contributed by atoms with van der Waals surface area (Å²) in [5.41, 5.74) is 3.77. The van der Waals surface area contributed by atoms with Crippen LogP contribution in [0.2, 0.25) is 0 Å². The summed E-state index contributed by atoms with van der Waals surface area (Å²) in [7, 11) is 0. The number of thiocarbonyl (C=S) groups is 1. The number of nitrogens with zero attached hydrogens (tertiary/aromatic N) is 2. The molecule has 0 aliphatic carbocycles. The largest absolute Gasteiger partial charge is 0.411 e. The number of thioether (sulfide) groups is 1. The van der Waals surface area contributed by atoms with E-state index in [1.165, 1.54) is 11.8 Å². The molecule has 0 aromatic rings. The third kappa shape index (κ3) is 5.59. The monoisotopic (exact) mass is 219 g/mol. The van der Waals surface area contributed by atoms with Crippen molar-refractivity contribution < 1.29 is 5.21 Å². The Morgan fingerprint density at radius 3 is 2.54 bits per heavy atom. The van der Waals surface area contributed by atoms with Gasteiger partial charge in [-0.15, -0.1) is 0 Å². The molecule has 0 amide bonds. The van der Waals surface area contributed by atoms with Crippen molar-refractivity contribution >= 4 is 39.7 Å². The minimum Gasteiger partial charge on any atom is -0.411 e. The minimum absolute atomic E-state index is 0.469. The highest BCUT2D eigenvalue weighted by Crippen LogP contribution is 1.99. The fourth-order valence-corrected chi connectivity index (χ4v) is 1.22. The fourth-order valence-electron chi connectivity index (χ4n) is 0.446. The molecule has 0 radical (unpaired) electrons. The van der Waals surface area contributed by atoms with E-state index in [9.17, 15) is 0 Å². The van der Waals surface area contributed by atoms with Crippen LogP contribution in [0.3, 0.4) is 0 Å². The maximum absolute atomic E-state index is 8.42. The van der Waals surface area contributed by atoms with Crippen LogP contribution >= 0.6 is 24.0 Å². The summed E-state index contributed by atoms with van der Waals surface area (Å²) in [6.45, 7) is 5.41. The second kappa shape index (κ2) is 6.85. The highest BCUT2D eigenvalue weighted by Gasteiger charge is 1.97. The first-order chi connectivity index (χ1) is 6.11. The number of rotatable bonds is 3. The number of nitrogens with one attached hydrogen (secondary N) is 1. The zero-order chi connectivity index (χ0) is 10.3. The van der Waals surface area contributed by atoms with E-state index in [-0.39, 0.29) is 0 Å². The molecule has 2 N–H and O–H groups in total. The van der Waals surface area contributed by atoms with Crippen LogP contribution in [-0.4, -0.2) is 26.7 Å². The molecule has 0 unspecified atom stereocenters. The van der Waals surface area contributed by atoms with E-state index in [1.54, 1.807) is 13.8 Å². The summed E-state index contributed by atoms with van der Waals surface area (Å²) in [6.07, 6.45) is 0. The lowest BCUT2D eigenvalue weighted by atomic mass is 10.3. The molecule has 6 heteroatoms. The summed E-state index contributed by atoms with van der Waals surface area (Å²) in [5, 5.41) is 15.4. The quantitative estimate of drug-likeness (QED) is 0.329. The van der Waals surface area contributed by atoms with Crippen LogP contribution in [0.4, 0.5) is 0 Å².